The number of anilines is 2. The molecule has 0 spiro atoms. The fraction of sp³-hybridized carbons (Fsp3) is 0.308. The number of carbonyl (C=O) groups is 1. The molecule has 1 aromatic heterocycles. The van der Waals surface area contributed by atoms with Gasteiger partial charge in [-0.25, -0.2) is 5.10 Å². The highest BCUT2D eigenvalue weighted by atomic mass is 32.2. The Morgan fingerprint density at radius 1 is 1.50 bits per heavy atom. The van der Waals surface area contributed by atoms with Crippen LogP contribution in [0.2, 0.25) is 0 Å². The van der Waals surface area contributed by atoms with Gasteiger partial charge in [-0.1, -0.05) is 23.9 Å². The monoisotopic (exact) mass is 291 g/mol. The van der Waals surface area contributed by atoms with Crippen LogP contribution in [0.3, 0.4) is 0 Å². The van der Waals surface area contributed by atoms with Crippen molar-refractivity contribution in [2.75, 3.05) is 22.9 Å². The smallest absolute Gasteiger partial charge is 0.237 e. The van der Waals surface area contributed by atoms with Crippen molar-refractivity contribution in [2.45, 2.75) is 19.0 Å². The van der Waals surface area contributed by atoms with Crippen LogP contribution in [-0.4, -0.2) is 33.4 Å². The molecule has 1 amide bonds. The number of nitrogen functional groups attached to an aromatic ring is 1. The number of hydrogen-bond donors (Lipinski definition) is 2. The Morgan fingerprint density at radius 2 is 2.30 bits per heavy atom. The number of rotatable bonds is 5. The average molecular weight is 291 g/mol. The lowest BCUT2D eigenvalue weighted by molar-refractivity contribution is -0.116. The van der Waals surface area contributed by atoms with E-state index in [9.17, 15) is 4.79 Å². The highest BCUT2D eigenvalue weighted by Gasteiger charge is 2.15. The van der Waals surface area contributed by atoms with E-state index in [0.717, 1.165) is 11.3 Å². The Kier molecular flexibility index (Phi) is 4.62. The first kappa shape index (κ1) is 14.4. The Hall–Kier alpha value is -2.02. The van der Waals surface area contributed by atoms with Crippen LogP contribution in [0.1, 0.15) is 12.5 Å². The summed E-state index contributed by atoms with van der Waals surface area (Å²) < 4.78 is 0. The summed E-state index contributed by atoms with van der Waals surface area (Å²) in [4.78, 5) is 18.0. The number of nitrogens with two attached hydrogens (primary N) is 1. The zero-order chi connectivity index (χ0) is 14.5. The molecule has 1 aromatic carbocycles. The first-order valence-electron chi connectivity index (χ1n) is 6.28. The zero-order valence-corrected chi connectivity index (χ0v) is 12.3. The third-order valence-corrected chi connectivity index (χ3v) is 3.57. The van der Waals surface area contributed by atoms with E-state index < -0.39 is 0 Å². The molecule has 0 aliphatic heterocycles. The number of nitrogens with one attached hydrogen (secondary N) is 1. The van der Waals surface area contributed by atoms with Crippen molar-refractivity contribution < 1.29 is 4.79 Å². The summed E-state index contributed by atoms with van der Waals surface area (Å²) in [6.07, 6.45) is 0. The second kappa shape index (κ2) is 6.42. The SMILES string of the molecule is CCN(C(=O)CSc1n[nH]c(N)n1)c1cccc(C)c1. The van der Waals surface area contributed by atoms with Gasteiger partial charge in [0.05, 0.1) is 5.75 Å². The maximum atomic E-state index is 12.3. The number of H-pyrrole nitrogens is 1. The van der Waals surface area contributed by atoms with Crippen LogP contribution in [0.5, 0.6) is 0 Å². The second-order valence-electron chi connectivity index (χ2n) is 4.27. The largest absolute Gasteiger partial charge is 0.368 e. The Bertz CT molecular complexity index is 598. The average Bonchev–Trinajstić information content (AvgIpc) is 2.83. The molecule has 7 heteroatoms. The molecule has 1 heterocycles. The molecule has 106 valence electrons. The van der Waals surface area contributed by atoms with Gasteiger partial charge in [0.1, 0.15) is 0 Å². The van der Waals surface area contributed by atoms with Crippen LogP contribution in [0.25, 0.3) is 0 Å². The molecule has 20 heavy (non-hydrogen) atoms. The van der Waals surface area contributed by atoms with Crippen molar-refractivity contribution >= 4 is 29.3 Å². The van der Waals surface area contributed by atoms with Crippen LogP contribution < -0.4 is 10.6 Å². The van der Waals surface area contributed by atoms with Crippen LogP contribution in [-0.2, 0) is 4.79 Å². The fourth-order valence-corrected chi connectivity index (χ4v) is 2.51. The van der Waals surface area contributed by atoms with E-state index in [-0.39, 0.29) is 17.6 Å². The highest BCUT2D eigenvalue weighted by molar-refractivity contribution is 7.99. The third-order valence-electron chi connectivity index (χ3n) is 2.74. The van der Waals surface area contributed by atoms with Gasteiger partial charge in [-0.15, -0.1) is 5.10 Å². The van der Waals surface area contributed by atoms with Crippen molar-refractivity contribution in [3.8, 4) is 0 Å². The molecule has 3 N–H and O–H groups in total. The number of amides is 1. The molecule has 0 aliphatic rings. The molecule has 2 rings (SSSR count). The van der Waals surface area contributed by atoms with E-state index >= 15 is 0 Å². The molecule has 0 bridgehead atoms. The lowest BCUT2D eigenvalue weighted by Gasteiger charge is -2.21. The molecule has 6 nitrogen and oxygen atoms in total. The normalized spacial score (nSPS) is 10.5. The van der Waals surface area contributed by atoms with Gasteiger partial charge in [-0.2, -0.15) is 4.98 Å². The maximum Gasteiger partial charge on any atom is 0.237 e. The standard InChI is InChI=1S/C13H17N5OS/c1-3-18(10-6-4-5-9(2)7-10)11(19)8-20-13-15-12(14)16-17-13/h4-7H,3,8H2,1-2H3,(H3,14,15,16,17). The van der Waals surface area contributed by atoms with E-state index in [1.165, 1.54) is 11.8 Å². The summed E-state index contributed by atoms with van der Waals surface area (Å²) in [7, 11) is 0. The summed E-state index contributed by atoms with van der Waals surface area (Å²) in [5, 5.41) is 6.92. The summed E-state index contributed by atoms with van der Waals surface area (Å²) in [5.74, 6) is 0.552. The van der Waals surface area contributed by atoms with Gasteiger partial charge in [0.15, 0.2) is 0 Å². The van der Waals surface area contributed by atoms with Crippen molar-refractivity contribution in [3.63, 3.8) is 0 Å². The zero-order valence-electron chi connectivity index (χ0n) is 11.5. The predicted molar refractivity (Wildman–Crippen MR) is 80.7 cm³/mol. The van der Waals surface area contributed by atoms with Gasteiger partial charge in [-0.05, 0) is 31.5 Å². The first-order valence-corrected chi connectivity index (χ1v) is 7.26. The van der Waals surface area contributed by atoms with Crippen molar-refractivity contribution in [1.82, 2.24) is 15.2 Å². The quantitative estimate of drug-likeness (QED) is 0.821. The van der Waals surface area contributed by atoms with Gasteiger partial charge < -0.3 is 10.6 Å². The number of aryl methyl sites for hydroxylation is 1. The molecule has 0 aliphatic carbocycles. The number of thioether (sulfide) groups is 1. The Labute approximate surface area is 121 Å². The fourth-order valence-electron chi connectivity index (χ4n) is 1.83. The van der Waals surface area contributed by atoms with E-state index in [4.69, 9.17) is 5.73 Å². The maximum absolute atomic E-state index is 12.3. The van der Waals surface area contributed by atoms with Crippen LogP contribution in [0.15, 0.2) is 29.4 Å². The second-order valence-corrected chi connectivity index (χ2v) is 5.21. The number of aromatic nitrogens is 3. The summed E-state index contributed by atoms with van der Waals surface area (Å²) >= 11 is 1.27. The topological polar surface area (TPSA) is 87.9 Å². The molecule has 0 saturated heterocycles. The summed E-state index contributed by atoms with van der Waals surface area (Å²) in [6.45, 7) is 4.58. The van der Waals surface area contributed by atoms with Gasteiger partial charge in [0.2, 0.25) is 17.0 Å². The van der Waals surface area contributed by atoms with Crippen molar-refractivity contribution in [1.29, 1.82) is 0 Å². The minimum atomic E-state index is 0.0199. The minimum Gasteiger partial charge on any atom is -0.368 e. The number of benzene rings is 1. The van der Waals surface area contributed by atoms with E-state index in [1.807, 2.05) is 38.1 Å². The molecule has 0 fully saturated rings. The molecular weight excluding hydrogens is 274 g/mol. The molecule has 0 atom stereocenters. The molecular formula is C13H17N5OS. The molecule has 0 unspecified atom stereocenters. The number of hydrogen-bond acceptors (Lipinski definition) is 5. The Balaban J connectivity index is 2.02. The highest BCUT2D eigenvalue weighted by Crippen LogP contribution is 2.19. The van der Waals surface area contributed by atoms with E-state index in [1.54, 1.807) is 4.90 Å². The van der Waals surface area contributed by atoms with Crippen LogP contribution in [0.4, 0.5) is 11.6 Å². The summed E-state index contributed by atoms with van der Waals surface area (Å²) in [6, 6.07) is 7.89. The summed E-state index contributed by atoms with van der Waals surface area (Å²) in [5.41, 5.74) is 7.48. The lowest BCUT2D eigenvalue weighted by atomic mass is 10.2. The number of carbonyl (C=O) groups excluding carboxylic acids is 1. The van der Waals surface area contributed by atoms with Crippen molar-refractivity contribution in [2.24, 2.45) is 0 Å². The van der Waals surface area contributed by atoms with Crippen LogP contribution >= 0.6 is 11.8 Å². The first-order chi connectivity index (χ1) is 9.60. The van der Waals surface area contributed by atoms with Crippen LogP contribution in [0, 0.1) is 6.92 Å². The predicted octanol–water partition coefficient (Wildman–Crippen LogP) is 1.84. The molecule has 2 aromatic rings. The number of nitrogens with zero attached hydrogens (tertiary/aromatic N) is 3. The van der Waals surface area contributed by atoms with E-state index in [2.05, 4.69) is 15.2 Å². The molecule has 0 radical (unpaired) electrons. The molecule has 0 saturated carbocycles. The Morgan fingerprint density at radius 3 is 2.90 bits per heavy atom. The van der Waals surface area contributed by atoms with Gasteiger partial charge >= 0.3 is 0 Å². The lowest BCUT2D eigenvalue weighted by Crippen LogP contribution is -2.32. The van der Waals surface area contributed by atoms with Gasteiger partial charge in [0, 0.05) is 12.2 Å². The van der Waals surface area contributed by atoms with Gasteiger partial charge in [0.25, 0.3) is 0 Å². The van der Waals surface area contributed by atoms with Crippen molar-refractivity contribution in [3.05, 3.63) is 29.8 Å². The minimum absolute atomic E-state index is 0.0199. The number of aromatic amines is 1. The van der Waals surface area contributed by atoms with E-state index in [0.29, 0.717) is 11.7 Å². The third kappa shape index (κ3) is 3.51. The van der Waals surface area contributed by atoms with Gasteiger partial charge in [-0.3, -0.25) is 4.79 Å².